The molecule has 2 atom stereocenters. The lowest BCUT2D eigenvalue weighted by molar-refractivity contribution is -0.140. The molecule has 15 heavy (non-hydrogen) atoms. The molecule has 0 aromatic rings. The molecule has 0 aromatic heterocycles. The van der Waals surface area contributed by atoms with Crippen molar-refractivity contribution < 1.29 is 18.8 Å². The highest BCUT2D eigenvalue weighted by atomic mass is 31.1. The molecule has 0 aromatic carbocycles. The van der Waals surface area contributed by atoms with Crippen molar-refractivity contribution in [3.63, 3.8) is 0 Å². The van der Waals surface area contributed by atoms with E-state index in [1.165, 1.54) is 0 Å². The summed E-state index contributed by atoms with van der Waals surface area (Å²) in [6, 6.07) is 0. The minimum absolute atomic E-state index is 0.00442. The molecular weight excluding hydrogens is 215 g/mol. The molecule has 0 aliphatic carbocycles. The van der Waals surface area contributed by atoms with Crippen molar-refractivity contribution in [3.8, 4) is 0 Å². The van der Waals surface area contributed by atoms with Gasteiger partial charge in [0.05, 0.1) is 12.8 Å². The second kappa shape index (κ2) is 8.93. The summed E-state index contributed by atoms with van der Waals surface area (Å²) in [4.78, 5) is 11.1. The van der Waals surface area contributed by atoms with Gasteiger partial charge < -0.3 is 14.0 Å². The first-order valence-corrected chi connectivity index (χ1v) is 7.11. The van der Waals surface area contributed by atoms with E-state index in [9.17, 15) is 9.36 Å². The molecule has 0 radical (unpaired) electrons. The molecule has 2 unspecified atom stereocenters. The first-order chi connectivity index (χ1) is 7.11. The Hall–Kier alpha value is -0.340. The molecule has 0 fully saturated rings. The number of hydrogen-bond donors (Lipinski definition) is 0. The van der Waals surface area contributed by atoms with Crippen molar-refractivity contribution in [1.82, 2.24) is 0 Å². The summed E-state index contributed by atoms with van der Waals surface area (Å²) in [5.41, 5.74) is 0. The smallest absolute Gasteiger partial charge is 0.313 e. The van der Waals surface area contributed by atoms with Crippen molar-refractivity contribution in [2.75, 3.05) is 19.4 Å². The minimum atomic E-state index is -2.02. The third-order valence-electron chi connectivity index (χ3n) is 1.81. The Morgan fingerprint density at radius 1 is 1.27 bits per heavy atom. The van der Waals surface area contributed by atoms with E-state index in [2.05, 4.69) is 0 Å². The van der Waals surface area contributed by atoms with Crippen LogP contribution >= 0.6 is 7.80 Å². The number of ether oxygens (including phenoxy) is 2. The van der Waals surface area contributed by atoms with Gasteiger partial charge in [-0.15, -0.1) is 0 Å². The van der Waals surface area contributed by atoms with Crippen molar-refractivity contribution >= 4 is 13.8 Å². The molecule has 0 heterocycles. The van der Waals surface area contributed by atoms with Crippen molar-refractivity contribution in [1.29, 1.82) is 0 Å². The van der Waals surface area contributed by atoms with Crippen LogP contribution in [0.25, 0.3) is 0 Å². The van der Waals surface area contributed by atoms with Crippen molar-refractivity contribution in [3.05, 3.63) is 0 Å². The molecular formula is C10H21O4P. The first kappa shape index (κ1) is 14.7. The summed E-state index contributed by atoms with van der Waals surface area (Å²) in [6.45, 7) is 6.63. The highest BCUT2D eigenvalue weighted by Gasteiger charge is 2.15. The van der Waals surface area contributed by atoms with Crippen molar-refractivity contribution in [2.45, 2.75) is 39.5 Å². The van der Waals surface area contributed by atoms with Gasteiger partial charge >= 0.3 is 5.97 Å². The SMILES string of the molecule is CCCOC(=O)C[PH](=O)C(C)OCCC. The third kappa shape index (κ3) is 7.57. The Bertz CT molecular complexity index is 206. The Morgan fingerprint density at radius 3 is 2.40 bits per heavy atom. The fraction of sp³-hybridized carbons (Fsp3) is 0.900. The van der Waals surface area contributed by atoms with Crippen LogP contribution < -0.4 is 0 Å². The van der Waals surface area contributed by atoms with Gasteiger partial charge in [0.15, 0.2) is 0 Å². The Balaban J connectivity index is 3.75. The molecule has 0 amide bonds. The number of hydrogen-bond acceptors (Lipinski definition) is 4. The largest absolute Gasteiger partial charge is 0.465 e. The van der Waals surface area contributed by atoms with E-state index < -0.39 is 7.80 Å². The van der Waals surface area contributed by atoms with Crippen LogP contribution in [0.1, 0.15) is 33.6 Å². The average molecular weight is 236 g/mol. The monoisotopic (exact) mass is 236 g/mol. The van der Waals surface area contributed by atoms with Crippen LogP contribution in [0.5, 0.6) is 0 Å². The predicted molar refractivity (Wildman–Crippen MR) is 60.8 cm³/mol. The molecule has 0 aliphatic rings. The van der Waals surface area contributed by atoms with E-state index in [0.29, 0.717) is 13.2 Å². The number of carbonyl (C=O) groups is 1. The number of carbonyl (C=O) groups excluding carboxylic acids is 1. The Labute approximate surface area is 92.1 Å². The van der Waals surface area contributed by atoms with E-state index in [1.54, 1.807) is 6.92 Å². The third-order valence-corrected chi connectivity index (χ3v) is 3.52. The van der Waals surface area contributed by atoms with Gasteiger partial charge in [0.1, 0.15) is 13.6 Å². The summed E-state index contributed by atoms with van der Waals surface area (Å²) in [7, 11) is -2.02. The maximum Gasteiger partial charge on any atom is 0.313 e. The molecule has 90 valence electrons. The molecule has 5 heteroatoms. The lowest BCUT2D eigenvalue weighted by Crippen LogP contribution is -2.12. The van der Waals surface area contributed by atoms with Crippen LogP contribution in [0.2, 0.25) is 0 Å². The summed E-state index contributed by atoms with van der Waals surface area (Å²) >= 11 is 0. The molecule has 0 N–H and O–H groups in total. The fourth-order valence-corrected chi connectivity index (χ4v) is 1.92. The van der Waals surface area contributed by atoms with Gasteiger partial charge in [-0.1, -0.05) is 13.8 Å². The quantitative estimate of drug-likeness (QED) is 0.479. The lowest BCUT2D eigenvalue weighted by Gasteiger charge is -2.11. The van der Waals surface area contributed by atoms with Crippen molar-refractivity contribution in [2.24, 2.45) is 0 Å². The van der Waals surface area contributed by atoms with Gasteiger partial charge in [-0.2, -0.15) is 0 Å². The van der Waals surface area contributed by atoms with Crippen LogP contribution in [-0.2, 0) is 18.8 Å². The van der Waals surface area contributed by atoms with E-state index in [-0.39, 0.29) is 18.0 Å². The molecule has 0 saturated heterocycles. The van der Waals surface area contributed by atoms with Crippen LogP contribution in [0.3, 0.4) is 0 Å². The van der Waals surface area contributed by atoms with Gasteiger partial charge in [-0.3, -0.25) is 4.79 Å². The van der Waals surface area contributed by atoms with Gasteiger partial charge in [0.25, 0.3) is 0 Å². The standard InChI is InChI=1S/C10H21O4P/c1-4-6-13-9(3)15(12)8-10(11)14-7-5-2/h9,15H,4-8H2,1-3H3. The molecule has 0 aliphatic heterocycles. The highest BCUT2D eigenvalue weighted by molar-refractivity contribution is 7.46. The molecule has 4 nitrogen and oxygen atoms in total. The van der Waals surface area contributed by atoms with Gasteiger partial charge in [-0.05, 0) is 19.8 Å². The van der Waals surface area contributed by atoms with Gasteiger partial charge in [-0.25, -0.2) is 0 Å². The zero-order chi connectivity index (χ0) is 11.7. The summed E-state index contributed by atoms with van der Waals surface area (Å²) in [5.74, 6) is -0.711. The van der Waals surface area contributed by atoms with Crippen LogP contribution in [-0.4, -0.2) is 31.2 Å². The first-order valence-electron chi connectivity index (χ1n) is 5.41. The fourth-order valence-electron chi connectivity index (χ4n) is 0.940. The van der Waals surface area contributed by atoms with E-state index >= 15 is 0 Å². The second-order valence-electron chi connectivity index (χ2n) is 3.38. The van der Waals surface area contributed by atoms with Gasteiger partial charge in [0, 0.05) is 6.61 Å². The normalized spacial score (nSPS) is 14.6. The number of esters is 1. The zero-order valence-electron chi connectivity index (χ0n) is 9.75. The highest BCUT2D eigenvalue weighted by Crippen LogP contribution is 2.28. The maximum atomic E-state index is 11.6. The Morgan fingerprint density at radius 2 is 1.87 bits per heavy atom. The topological polar surface area (TPSA) is 52.6 Å². The predicted octanol–water partition coefficient (Wildman–Crippen LogP) is 2.27. The molecule has 0 spiro atoms. The maximum absolute atomic E-state index is 11.6. The minimum Gasteiger partial charge on any atom is -0.465 e. The summed E-state index contributed by atoms with van der Waals surface area (Å²) < 4.78 is 21.7. The summed E-state index contributed by atoms with van der Waals surface area (Å²) in [5, 5.41) is 0. The number of rotatable bonds is 8. The van der Waals surface area contributed by atoms with E-state index in [0.717, 1.165) is 12.8 Å². The molecule has 0 rings (SSSR count). The Kier molecular flexibility index (Phi) is 8.73. The van der Waals surface area contributed by atoms with Crippen LogP contribution in [0.15, 0.2) is 0 Å². The van der Waals surface area contributed by atoms with Crippen LogP contribution in [0.4, 0.5) is 0 Å². The van der Waals surface area contributed by atoms with E-state index in [1.807, 2.05) is 13.8 Å². The average Bonchev–Trinajstić information content (AvgIpc) is 2.22. The lowest BCUT2D eigenvalue weighted by atomic mass is 10.5. The molecule has 0 bridgehead atoms. The van der Waals surface area contributed by atoms with Gasteiger partial charge in [0.2, 0.25) is 0 Å². The second-order valence-corrected chi connectivity index (χ2v) is 5.48. The molecule has 0 saturated carbocycles. The zero-order valence-corrected chi connectivity index (χ0v) is 10.7. The van der Waals surface area contributed by atoms with Crippen LogP contribution in [0, 0.1) is 0 Å². The van der Waals surface area contributed by atoms with E-state index in [4.69, 9.17) is 9.47 Å². The summed E-state index contributed by atoms with van der Waals surface area (Å²) in [6.07, 6.45) is 1.67.